The summed E-state index contributed by atoms with van der Waals surface area (Å²) in [6, 6.07) is 11.6. The number of methoxy groups -OCH3 is 1. The second-order valence-corrected chi connectivity index (χ2v) is 6.89. The molecule has 2 aromatic rings. The van der Waals surface area contributed by atoms with E-state index in [0.29, 0.717) is 12.3 Å². The lowest BCUT2D eigenvalue weighted by Crippen LogP contribution is -2.28. The van der Waals surface area contributed by atoms with Gasteiger partial charge in [-0.25, -0.2) is 0 Å². The molecule has 5 heteroatoms. The molecular formula is C21H24N2O3. The van der Waals surface area contributed by atoms with Crippen LogP contribution < -0.4 is 15.0 Å². The van der Waals surface area contributed by atoms with Crippen LogP contribution in [0.15, 0.2) is 36.4 Å². The van der Waals surface area contributed by atoms with Gasteiger partial charge in [0.2, 0.25) is 11.8 Å². The van der Waals surface area contributed by atoms with Crippen molar-refractivity contribution < 1.29 is 14.3 Å². The zero-order chi connectivity index (χ0) is 18.8. The maximum atomic E-state index is 12.7. The number of benzene rings is 2. The highest BCUT2D eigenvalue weighted by Gasteiger charge is 2.36. The molecule has 136 valence electrons. The summed E-state index contributed by atoms with van der Waals surface area (Å²) < 4.78 is 5.38. The van der Waals surface area contributed by atoms with Gasteiger partial charge in [0, 0.05) is 18.7 Å². The molecular weight excluding hydrogens is 328 g/mol. The summed E-state index contributed by atoms with van der Waals surface area (Å²) in [5.74, 6) is 0.0712. The molecule has 0 saturated carbocycles. The molecule has 0 radical (unpaired) electrons. The fraction of sp³-hybridized carbons (Fsp3) is 0.333. The lowest BCUT2D eigenvalue weighted by atomic mass is 10.1. The number of ether oxygens (including phenoxy) is 1. The zero-order valence-corrected chi connectivity index (χ0v) is 15.6. The maximum absolute atomic E-state index is 12.7. The van der Waals surface area contributed by atoms with Crippen LogP contribution in [-0.2, 0) is 9.59 Å². The second-order valence-electron chi connectivity index (χ2n) is 6.89. The van der Waals surface area contributed by atoms with Gasteiger partial charge in [0.15, 0.2) is 0 Å². The number of amides is 2. The Morgan fingerprint density at radius 3 is 2.50 bits per heavy atom. The van der Waals surface area contributed by atoms with Crippen LogP contribution in [-0.4, -0.2) is 25.5 Å². The van der Waals surface area contributed by atoms with E-state index in [-0.39, 0.29) is 24.2 Å². The Labute approximate surface area is 154 Å². The van der Waals surface area contributed by atoms with E-state index in [9.17, 15) is 9.59 Å². The van der Waals surface area contributed by atoms with E-state index in [1.807, 2.05) is 57.2 Å². The Morgan fingerprint density at radius 2 is 1.81 bits per heavy atom. The average Bonchev–Trinajstić information content (AvgIpc) is 2.99. The third-order valence-corrected chi connectivity index (χ3v) is 4.76. The summed E-state index contributed by atoms with van der Waals surface area (Å²) in [6.45, 7) is 6.30. The molecule has 1 saturated heterocycles. The molecule has 1 N–H and O–H groups in total. The molecule has 1 aliphatic rings. The molecule has 26 heavy (non-hydrogen) atoms. The van der Waals surface area contributed by atoms with E-state index in [0.717, 1.165) is 28.1 Å². The smallest absolute Gasteiger partial charge is 0.229 e. The highest BCUT2D eigenvalue weighted by Crippen LogP contribution is 2.34. The van der Waals surface area contributed by atoms with Crippen molar-refractivity contribution in [1.82, 2.24) is 0 Å². The monoisotopic (exact) mass is 352 g/mol. The number of nitrogens with zero attached hydrogens (tertiary/aromatic N) is 1. The third kappa shape index (κ3) is 3.57. The summed E-state index contributed by atoms with van der Waals surface area (Å²) in [5, 5.41) is 2.96. The first-order valence-electron chi connectivity index (χ1n) is 8.72. The Morgan fingerprint density at radius 1 is 1.12 bits per heavy atom. The van der Waals surface area contributed by atoms with Crippen molar-refractivity contribution in [2.75, 3.05) is 23.9 Å². The highest BCUT2D eigenvalue weighted by atomic mass is 16.5. The van der Waals surface area contributed by atoms with Gasteiger partial charge in [0.25, 0.3) is 0 Å². The summed E-state index contributed by atoms with van der Waals surface area (Å²) in [7, 11) is 1.58. The zero-order valence-electron chi connectivity index (χ0n) is 15.6. The van der Waals surface area contributed by atoms with Crippen LogP contribution in [0.25, 0.3) is 0 Å². The Bertz CT molecular complexity index is 860. The van der Waals surface area contributed by atoms with Gasteiger partial charge in [0.1, 0.15) is 5.75 Å². The van der Waals surface area contributed by atoms with E-state index in [2.05, 4.69) is 5.32 Å². The first kappa shape index (κ1) is 18.0. The standard InChI is InChI=1S/C21H24N2O3/c1-13-5-7-17(15(3)9-13)22-21(25)16-11-20(24)23(12-16)18-10-14(2)6-8-19(18)26-4/h5-10,16H,11-12H2,1-4H3,(H,22,25). The summed E-state index contributed by atoms with van der Waals surface area (Å²) >= 11 is 0. The van der Waals surface area contributed by atoms with Crippen molar-refractivity contribution in [2.45, 2.75) is 27.2 Å². The van der Waals surface area contributed by atoms with Crippen molar-refractivity contribution in [1.29, 1.82) is 0 Å². The molecule has 2 amide bonds. The van der Waals surface area contributed by atoms with Crippen molar-refractivity contribution >= 4 is 23.2 Å². The number of nitrogens with one attached hydrogen (secondary N) is 1. The van der Waals surface area contributed by atoms with E-state index in [1.54, 1.807) is 12.0 Å². The number of rotatable bonds is 4. The van der Waals surface area contributed by atoms with Crippen LogP contribution in [0, 0.1) is 26.7 Å². The normalized spacial score (nSPS) is 16.7. The van der Waals surface area contributed by atoms with Crippen LogP contribution >= 0.6 is 0 Å². The van der Waals surface area contributed by atoms with Gasteiger partial charge in [-0.2, -0.15) is 0 Å². The molecule has 1 fully saturated rings. The fourth-order valence-corrected chi connectivity index (χ4v) is 3.32. The molecule has 2 aromatic carbocycles. The molecule has 0 bridgehead atoms. The molecule has 0 aliphatic carbocycles. The van der Waals surface area contributed by atoms with E-state index in [4.69, 9.17) is 4.74 Å². The molecule has 5 nitrogen and oxygen atoms in total. The number of hydrogen-bond acceptors (Lipinski definition) is 3. The Balaban J connectivity index is 1.77. The van der Waals surface area contributed by atoms with Gasteiger partial charge < -0.3 is 15.0 Å². The number of carbonyl (C=O) groups excluding carboxylic acids is 2. The molecule has 3 rings (SSSR count). The first-order chi connectivity index (χ1) is 12.4. The SMILES string of the molecule is COc1ccc(C)cc1N1CC(C(=O)Nc2ccc(C)cc2C)CC1=O. The Kier molecular flexibility index (Phi) is 4.98. The minimum absolute atomic E-state index is 0.0605. The van der Waals surface area contributed by atoms with E-state index >= 15 is 0 Å². The van der Waals surface area contributed by atoms with Gasteiger partial charge >= 0.3 is 0 Å². The predicted octanol–water partition coefficient (Wildman–Crippen LogP) is 3.61. The number of aryl methyl sites for hydroxylation is 3. The van der Waals surface area contributed by atoms with Crippen LogP contribution in [0.5, 0.6) is 5.75 Å². The molecule has 1 aliphatic heterocycles. The quantitative estimate of drug-likeness (QED) is 0.914. The molecule has 1 heterocycles. The maximum Gasteiger partial charge on any atom is 0.229 e. The lowest BCUT2D eigenvalue weighted by molar-refractivity contribution is -0.122. The molecule has 1 atom stereocenters. The van der Waals surface area contributed by atoms with Crippen molar-refractivity contribution in [3.63, 3.8) is 0 Å². The van der Waals surface area contributed by atoms with Gasteiger partial charge in [-0.3, -0.25) is 9.59 Å². The first-order valence-corrected chi connectivity index (χ1v) is 8.72. The summed E-state index contributed by atoms with van der Waals surface area (Å²) in [6.07, 6.45) is 0.202. The summed E-state index contributed by atoms with van der Waals surface area (Å²) in [5.41, 5.74) is 4.71. The molecule has 1 unspecified atom stereocenters. The largest absolute Gasteiger partial charge is 0.495 e. The van der Waals surface area contributed by atoms with Crippen molar-refractivity contribution in [3.8, 4) is 5.75 Å². The third-order valence-electron chi connectivity index (χ3n) is 4.76. The molecule has 0 aromatic heterocycles. The minimum Gasteiger partial charge on any atom is -0.495 e. The minimum atomic E-state index is -0.381. The predicted molar refractivity (Wildman–Crippen MR) is 103 cm³/mol. The molecule has 0 spiro atoms. The van der Waals surface area contributed by atoms with Gasteiger partial charge in [-0.1, -0.05) is 23.8 Å². The van der Waals surface area contributed by atoms with Gasteiger partial charge in [-0.15, -0.1) is 0 Å². The highest BCUT2D eigenvalue weighted by molar-refractivity contribution is 6.04. The van der Waals surface area contributed by atoms with Gasteiger partial charge in [0.05, 0.1) is 18.7 Å². The van der Waals surface area contributed by atoms with E-state index < -0.39 is 0 Å². The number of carbonyl (C=O) groups is 2. The van der Waals surface area contributed by atoms with Crippen LogP contribution in [0.1, 0.15) is 23.1 Å². The summed E-state index contributed by atoms with van der Waals surface area (Å²) in [4.78, 5) is 26.8. The lowest BCUT2D eigenvalue weighted by Gasteiger charge is -2.20. The van der Waals surface area contributed by atoms with Crippen molar-refractivity contribution in [3.05, 3.63) is 53.1 Å². The topological polar surface area (TPSA) is 58.6 Å². The Hall–Kier alpha value is -2.82. The fourth-order valence-electron chi connectivity index (χ4n) is 3.32. The average molecular weight is 352 g/mol. The van der Waals surface area contributed by atoms with Crippen LogP contribution in [0.3, 0.4) is 0 Å². The van der Waals surface area contributed by atoms with Crippen molar-refractivity contribution in [2.24, 2.45) is 5.92 Å². The van der Waals surface area contributed by atoms with Gasteiger partial charge in [-0.05, 0) is 50.1 Å². The van der Waals surface area contributed by atoms with Crippen LogP contribution in [0.4, 0.5) is 11.4 Å². The number of anilines is 2. The van der Waals surface area contributed by atoms with E-state index in [1.165, 1.54) is 0 Å². The second kappa shape index (κ2) is 7.20. The number of hydrogen-bond donors (Lipinski definition) is 1. The van der Waals surface area contributed by atoms with Crippen LogP contribution in [0.2, 0.25) is 0 Å².